The van der Waals surface area contributed by atoms with Crippen molar-refractivity contribution in [3.63, 3.8) is 0 Å². The molecule has 80 valence electrons. The van der Waals surface area contributed by atoms with Crippen LogP contribution in [0.15, 0.2) is 21.9 Å². The summed E-state index contributed by atoms with van der Waals surface area (Å²) in [6.07, 6.45) is 0. The lowest BCUT2D eigenvalue weighted by Gasteiger charge is -2.07. The largest absolute Gasteiger partial charge is 0.392 e. The summed E-state index contributed by atoms with van der Waals surface area (Å²) in [5.74, 6) is 0. The Labute approximate surface area is 96.9 Å². The molecule has 15 heavy (non-hydrogen) atoms. The first-order chi connectivity index (χ1) is 6.91. The highest BCUT2D eigenvalue weighted by Gasteiger charge is 2.18. The van der Waals surface area contributed by atoms with Crippen LogP contribution in [0.4, 0.5) is 0 Å². The smallest absolute Gasteiger partial charge is 0.261 e. The van der Waals surface area contributed by atoms with Crippen molar-refractivity contribution in [2.75, 3.05) is 0 Å². The highest BCUT2D eigenvalue weighted by atomic mass is 35.7. The Kier molecular flexibility index (Phi) is 3.62. The Morgan fingerprint density at radius 3 is 2.53 bits per heavy atom. The van der Waals surface area contributed by atoms with Crippen LogP contribution in [0.1, 0.15) is 11.1 Å². The van der Waals surface area contributed by atoms with Crippen molar-refractivity contribution < 1.29 is 13.5 Å². The number of thiol groups is 1. The summed E-state index contributed by atoms with van der Waals surface area (Å²) in [5.41, 5.74) is 0.221. The van der Waals surface area contributed by atoms with E-state index in [0.29, 0.717) is 0 Å². The second kappa shape index (κ2) is 4.41. The van der Waals surface area contributed by atoms with Crippen molar-refractivity contribution in [1.29, 1.82) is 5.26 Å². The fraction of sp³-hybridized carbons (Fsp3) is 0.125. The van der Waals surface area contributed by atoms with Gasteiger partial charge in [-0.1, -0.05) is 0 Å². The zero-order chi connectivity index (χ0) is 11.6. The number of rotatable bonds is 2. The van der Waals surface area contributed by atoms with Crippen LogP contribution < -0.4 is 0 Å². The lowest BCUT2D eigenvalue weighted by Crippen LogP contribution is -2.01. The third kappa shape index (κ3) is 2.44. The van der Waals surface area contributed by atoms with Gasteiger partial charge in [-0.2, -0.15) is 5.26 Å². The van der Waals surface area contributed by atoms with Crippen molar-refractivity contribution in [3.8, 4) is 6.07 Å². The van der Waals surface area contributed by atoms with Crippen molar-refractivity contribution in [3.05, 3.63) is 23.3 Å². The minimum Gasteiger partial charge on any atom is -0.392 e. The second-order valence-electron chi connectivity index (χ2n) is 2.65. The highest BCUT2D eigenvalue weighted by molar-refractivity contribution is 8.13. The van der Waals surface area contributed by atoms with Gasteiger partial charge in [0.2, 0.25) is 0 Å². The molecule has 7 heteroatoms. The molecule has 0 saturated carbocycles. The van der Waals surface area contributed by atoms with E-state index in [2.05, 4.69) is 12.6 Å². The van der Waals surface area contributed by atoms with Crippen molar-refractivity contribution in [2.24, 2.45) is 0 Å². The Hall–Kier alpha value is -0.740. The molecule has 0 heterocycles. The molecule has 4 nitrogen and oxygen atoms in total. The summed E-state index contributed by atoms with van der Waals surface area (Å²) in [4.78, 5) is -0.0996. The van der Waals surface area contributed by atoms with E-state index in [-0.39, 0.29) is 20.9 Å². The molecule has 0 radical (unpaired) electrons. The van der Waals surface area contributed by atoms with Gasteiger partial charge in [-0.25, -0.2) is 8.42 Å². The van der Waals surface area contributed by atoms with Gasteiger partial charge >= 0.3 is 0 Å². The molecule has 0 aliphatic heterocycles. The van der Waals surface area contributed by atoms with Gasteiger partial charge in [-0.05, 0) is 12.1 Å². The Morgan fingerprint density at radius 2 is 2.13 bits per heavy atom. The van der Waals surface area contributed by atoms with Gasteiger partial charge in [0.1, 0.15) is 6.07 Å². The fourth-order valence-corrected chi connectivity index (χ4v) is 2.61. The molecule has 1 N–H and O–H groups in total. The maximum atomic E-state index is 11.1. The molecule has 0 atom stereocenters. The minimum absolute atomic E-state index is 0.0346. The molecule has 0 bridgehead atoms. The summed E-state index contributed by atoms with van der Waals surface area (Å²) < 4.78 is 22.2. The summed E-state index contributed by atoms with van der Waals surface area (Å²) in [6, 6.07) is 4.28. The van der Waals surface area contributed by atoms with Gasteiger partial charge in [0.25, 0.3) is 9.05 Å². The van der Waals surface area contributed by atoms with Gasteiger partial charge in [0.05, 0.1) is 17.1 Å². The normalized spacial score (nSPS) is 11.1. The van der Waals surface area contributed by atoms with Gasteiger partial charge in [0, 0.05) is 21.1 Å². The molecule has 1 aromatic rings. The van der Waals surface area contributed by atoms with E-state index in [4.69, 9.17) is 21.1 Å². The molecular weight excluding hydrogens is 258 g/mol. The minimum atomic E-state index is -3.94. The third-order valence-corrected chi connectivity index (χ3v) is 3.70. The Balaban J connectivity index is 3.61. The lowest BCUT2D eigenvalue weighted by molar-refractivity contribution is 0.275. The molecule has 0 aliphatic rings. The zero-order valence-corrected chi connectivity index (χ0v) is 9.77. The SMILES string of the molecule is N#Cc1ccc(S(=O)(=O)Cl)c(CO)c1S. The average Bonchev–Trinajstić information content (AvgIpc) is 2.15. The summed E-state index contributed by atoms with van der Waals surface area (Å²) >= 11 is 3.97. The van der Waals surface area contributed by atoms with Gasteiger partial charge < -0.3 is 5.11 Å². The number of nitrogens with zero attached hydrogens (tertiary/aromatic N) is 1. The van der Waals surface area contributed by atoms with E-state index in [9.17, 15) is 8.42 Å². The van der Waals surface area contributed by atoms with Crippen molar-refractivity contribution in [1.82, 2.24) is 0 Å². The molecule has 0 spiro atoms. The zero-order valence-electron chi connectivity index (χ0n) is 7.31. The predicted octanol–water partition coefficient (Wildman–Crippen LogP) is 1.27. The average molecular weight is 264 g/mol. The molecule has 1 aromatic carbocycles. The van der Waals surface area contributed by atoms with Crippen LogP contribution >= 0.6 is 23.3 Å². The molecule has 1 rings (SSSR count). The fourth-order valence-electron chi connectivity index (χ4n) is 1.09. The van der Waals surface area contributed by atoms with E-state index in [1.54, 1.807) is 0 Å². The van der Waals surface area contributed by atoms with Crippen LogP contribution in [0, 0.1) is 11.3 Å². The predicted molar refractivity (Wildman–Crippen MR) is 57.4 cm³/mol. The molecule has 0 aromatic heterocycles. The number of hydrogen-bond acceptors (Lipinski definition) is 5. The van der Waals surface area contributed by atoms with Crippen LogP contribution in [-0.4, -0.2) is 13.5 Å². The van der Waals surface area contributed by atoms with Crippen LogP contribution in [0.25, 0.3) is 0 Å². The maximum absolute atomic E-state index is 11.1. The van der Waals surface area contributed by atoms with E-state index in [1.807, 2.05) is 6.07 Å². The van der Waals surface area contributed by atoms with E-state index >= 15 is 0 Å². The van der Waals surface area contributed by atoms with Gasteiger partial charge in [0.15, 0.2) is 0 Å². The Bertz CT molecular complexity index is 534. The summed E-state index contributed by atoms with van der Waals surface area (Å²) in [6.45, 7) is -0.546. The Morgan fingerprint density at radius 1 is 1.53 bits per heavy atom. The number of aliphatic hydroxyl groups is 1. The first kappa shape index (κ1) is 12.3. The topological polar surface area (TPSA) is 78.2 Å². The summed E-state index contributed by atoms with van der Waals surface area (Å²) in [7, 11) is 1.22. The maximum Gasteiger partial charge on any atom is 0.261 e. The van der Waals surface area contributed by atoms with Crippen LogP contribution in [-0.2, 0) is 15.7 Å². The third-order valence-electron chi connectivity index (χ3n) is 1.78. The lowest BCUT2D eigenvalue weighted by atomic mass is 10.1. The molecular formula is C8H6ClNO3S2. The van der Waals surface area contributed by atoms with E-state index in [1.165, 1.54) is 12.1 Å². The van der Waals surface area contributed by atoms with Gasteiger partial charge in [-0.15, -0.1) is 12.6 Å². The molecule has 0 saturated heterocycles. The quantitative estimate of drug-likeness (QED) is 0.622. The second-order valence-corrected chi connectivity index (χ2v) is 5.63. The molecule has 0 fully saturated rings. The van der Waals surface area contributed by atoms with E-state index < -0.39 is 15.7 Å². The van der Waals surface area contributed by atoms with Crippen molar-refractivity contribution in [2.45, 2.75) is 16.4 Å². The number of aliphatic hydroxyl groups excluding tert-OH is 1. The van der Waals surface area contributed by atoms with Crippen LogP contribution in [0.3, 0.4) is 0 Å². The molecule has 0 amide bonds. The first-order valence-electron chi connectivity index (χ1n) is 3.72. The van der Waals surface area contributed by atoms with Crippen molar-refractivity contribution >= 4 is 32.4 Å². The number of nitriles is 1. The van der Waals surface area contributed by atoms with E-state index in [0.717, 1.165) is 0 Å². The number of benzene rings is 1. The molecule has 0 aliphatic carbocycles. The van der Waals surface area contributed by atoms with Gasteiger partial charge in [-0.3, -0.25) is 0 Å². The van der Waals surface area contributed by atoms with Crippen LogP contribution in [0.2, 0.25) is 0 Å². The standard InChI is InChI=1S/C8H6ClNO3S2/c9-15(12,13)7-2-1-5(3-10)8(14)6(7)4-11/h1-2,11,14H,4H2. The number of hydrogen-bond donors (Lipinski definition) is 2. The highest BCUT2D eigenvalue weighted by Crippen LogP contribution is 2.28. The summed E-state index contributed by atoms with van der Waals surface area (Å²) in [5, 5.41) is 17.7. The molecule has 0 unspecified atom stereocenters. The van der Waals surface area contributed by atoms with Crippen LogP contribution in [0.5, 0.6) is 0 Å². The monoisotopic (exact) mass is 263 g/mol. The number of halogens is 1. The first-order valence-corrected chi connectivity index (χ1v) is 6.48.